The van der Waals surface area contributed by atoms with Crippen LogP contribution in [0.3, 0.4) is 0 Å². The summed E-state index contributed by atoms with van der Waals surface area (Å²) in [5.41, 5.74) is 5.61. The monoisotopic (exact) mass is 290 g/mol. The van der Waals surface area contributed by atoms with Crippen LogP contribution in [0.5, 0.6) is 0 Å². The van der Waals surface area contributed by atoms with Crippen LogP contribution in [0.1, 0.15) is 24.2 Å². The number of aromatic amines is 1. The maximum Gasteiger partial charge on any atom is 0.316 e. The fourth-order valence-corrected chi connectivity index (χ4v) is 2.10. The molecule has 0 radical (unpaired) electrons. The first-order valence-electron chi connectivity index (χ1n) is 6.75. The Bertz CT molecular complexity index is 791. The van der Waals surface area contributed by atoms with Gasteiger partial charge in [-0.3, -0.25) is 14.4 Å². The number of hydrogen-bond donors (Lipinski definition) is 3. The third kappa shape index (κ3) is 2.87. The molecule has 0 aliphatic heterocycles. The molecule has 0 spiro atoms. The van der Waals surface area contributed by atoms with Gasteiger partial charge >= 0.3 is 11.1 Å². The van der Waals surface area contributed by atoms with E-state index in [0.717, 1.165) is 0 Å². The van der Waals surface area contributed by atoms with E-state index in [2.05, 4.69) is 10.3 Å². The quantitative estimate of drug-likeness (QED) is 0.676. The number of aryl methyl sites for hydroxylation is 1. The molecule has 0 bridgehead atoms. The Hall–Kier alpha value is -2.41. The molecule has 2 aromatic rings. The number of aromatic nitrogens is 2. The molecule has 0 unspecified atom stereocenters. The molecule has 4 N–H and O–H groups in total. The Balaban J connectivity index is 2.52. The minimum Gasteiger partial charge on any atom is -0.348 e. The van der Waals surface area contributed by atoms with E-state index in [1.165, 1.54) is 4.57 Å². The van der Waals surface area contributed by atoms with Crippen LogP contribution in [-0.2, 0) is 6.54 Å². The van der Waals surface area contributed by atoms with Crippen LogP contribution >= 0.6 is 0 Å². The van der Waals surface area contributed by atoms with Gasteiger partial charge in [-0.1, -0.05) is 0 Å². The third-order valence-electron chi connectivity index (χ3n) is 3.28. The number of rotatable bonds is 4. The van der Waals surface area contributed by atoms with Gasteiger partial charge in [0.25, 0.3) is 5.91 Å². The highest BCUT2D eigenvalue weighted by atomic mass is 16.2. The maximum absolute atomic E-state index is 12.0. The van der Waals surface area contributed by atoms with Crippen LogP contribution < -0.4 is 22.2 Å². The van der Waals surface area contributed by atoms with Crippen LogP contribution in [0, 0.1) is 0 Å². The average Bonchev–Trinajstić information content (AvgIpc) is 2.48. The zero-order chi connectivity index (χ0) is 15.6. The number of carbonyl (C=O) groups is 1. The summed E-state index contributed by atoms with van der Waals surface area (Å²) in [4.78, 5) is 37.9. The van der Waals surface area contributed by atoms with Crippen LogP contribution in [0.15, 0.2) is 27.8 Å². The topological polar surface area (TPSA) is 110 Å². The van der Waals surface area contributed by atoms with Gasteiger partial charge in [0.1, 0.15) is 0 Å². The van der Waals surface area contributed by atoms with Gasteiger partial charge in [-0.25, -0.2) is 0 Å². The Kier molecular flexibility index (Phi) is 4.23. The van der Waals surface area contributed by atoms with Crippen LogP contribution in [-0.4, -0.2) is 28.0 Å². The number of amides is 1. The molecule has 0 fully saturated rings. The largest absolute Gasteiger partial charge is 0.348 e. The Morgan fingerprint density at radius 3 is 2.76 bits per heavy atom. The van der Waals surface area contributed by atoms with Gasteiger partial charge in [0.15, 0.2) is 0 Å². The summed E-state index contributed by atoms with van der Waals surface area (Å²) in [7, 11) is 0. The minimum atomic E-state index is -0.697. The summed E-state index contributed by atoms with van der Waals surface area (Å²) in [5.74, 6) is -0.273. The van der Waals surface area contributed by atoms with Crippen molar-refractivity contribution in [1.29, 1.82) is 0 Å². The number of nitrogens with zero attached hydrogens (tertiary/aromatic N) is 1. The van der Waals surface area contributed by atoms with Gasteiger partial charge < -0.3 is 20.6 Å². The predicted octanol–water partition coefficient (Wildman–Crippen LogP) is -0.213. The van der Waals surface area contributed by atoms with Crippen molar-refractivity contribution in [3.05, 3.63) is 44.5 Å². The summed E-state index contributed by atoms with van der Waals surface area (Å²) in [6.07, 6.45) is 0. The molecule has 21 heavy (non-hydrogen) atoms. The summed E-state index contributed by atoms with van der Waals surface area (Å²) >= 11 is 0. The lowest BCUT2D eigenvalue weighted by Gasteiger charge is -2.12. The Morgan fingerprint density at radius 2 is 2.14 bits per heavy atom. The number of hydrogen-bond acceptors (Lipinski definition) is 4. The molecule has 7 heteroatoms. The maximum atomic E-state index is 12.0. The number of fused-ring (bicyclic) bond motifs is 1. The van der Waals surface area contributed by atoms with Crippen molar-refractivity contribution in [2.75, 3.05) is 6.54 Å². The van der Waals surface area contributed by atoms with E-state index in [4.69, 9.17) is 5.73 Å². The minimum absolute atomic E-state index is 0.142. The summed E-state index contributed by atoms with van der Waals surface area (Å²) in [6, 6.07) is 4.68. The zero-order valence-corrected chi connectivity index (χ0v) is 12.0. The molecule has 1 atom stereocenters. The van der Waals surface area contributed by atoms with E-state index in [1.54, 1.807) is 32.0 Å². The first kappa shape index (κ1) is 15.0. The molecule has 1 aromatic heterocycles. The Labute approximate surface area is 120 Å². The van der Waals surface area contributed by atoms with Crippen molar-refractivity contribution in [2.24, 2.45) is 5.73 Å². The molecule has 1 heterocycles. The van der Waals surface area contributed by atoms with E-state index >= 15 is 0 Å². The van der Waals surface area contributed by atoms with Crippen molar-refractivity contribution in [1.82, 2.24) is 14.9 Å². The number of benzene rings is 1. The second-order valence-electron chi connectivity index (χ2n) is 4.85. The number of carbonyl (C=O) groups excluding carboxylic acids is 1. The van der Waals surface area contributed by atoms with Gasteiger partial charge in [-0.2, -0.15) is 0 Å². The first-order valence-corrected chi connectivity index (χ1v) is 6.75. The van der Waals surface area contributed by atoms with Crippen LogP contribution in [0.2, 0.25) is 0 Å². The molecule has 112 valence electrons. The van der Waals surface area contributed by atoms with Gasteiger partial charge in [-0.05, 0) is 32.0 Å². The molecule has 0 aliphatic rings. The molecule has 7 nitrogen and oxygen atoms in total. The third-order valence-corrected chi connectivity index (χ3v) is 3.28. The molecule has 1 aromatic carbocycles. The normalized spacial score (nSPS) is 12.3. The van der Waals surface area contributed by atoms with E-state index in [-0.39, 0.29) is 11.9 Å². The highest BCUT2D eigenvalue weighted by Crippen LogP contribution is 2.11. The highest BCUT2D eigenvalue weighted by Gasteiger charge is 2.12. The summed E-state index contributed by atoms with van der Waals surface area (Å²) in [6.45, 7) is 4.31. The lowest BCUT2D eigenvalue weighted by molar-refractivity contribution is 0.0941. The average molecular weight is 290 g/mol. The van der Waals surface area contributed by atoms with Crippen molar-refractivity contribution in [3.8, 4) is 0 Å². The summed E-state index contributed by atoms with van der Waals surface area (Å²) < 4.78 is 1.37. The second kappa shape index (κ2) is 5.92. The molecule has 0 saturated carbocycles. The SMILES string of the molecule is CCn1c(=O)c(=O)[nH]c2cc(C(=O)N[C@@H](C)CN)ccc21. The van der Waals surface area contributed by atoms with E-state index in [0.29, 0.717) is 29.7 Å². The molecule has 0 aliphatic carbocycles. The van der Waals surface area contributed by atoms with Gasteiger partial charge in [0.2, 0.25) is 0 Å². The fraction of sp³-hybridized carbons (Fsp3) is 0.357. The summed E-state index contributed by atoms with van der Waals surface area (Å²) in [5, 5.41) is 2.74. The predicted molar refractivity (Wildman–Crippen MR) is 80.5 cm³/mol. The number of H-pyrrole nitrogens is 1. The van der Waals surface area contributed by atoms with Crippen molar-refractivity contribution in [3.63, 3.8) is 0 Å². The molecular formula is C14H18N4O3. The number of nitrogens with two attached hydrogens (primary N) is 1. The van der Waals surface area contributed by atoms with Crippen LogP contribution in [0.4, 0.5) is 0 Å². The fourth-order valence-electron chi connectivity index (χ4n) is 2.10. The van der Waals surface area contributed by atoms with E-state index in [1.807, 2.05) is 0 Å². The first-order chi connectivity index (χ1) is 9.97. The van der Waals surface area contributed by atoms with Crippen molar-refractivity contribution < 1.29 is 4.79 Å². The van der Waals surface area contributed by atoms with Crippen molar-refractivity contribution in [2.45, 2.75) is 26.4 Å². The standard InChI is InChI=1S/C14H18N4O3/c1-3-18-11-5-4-9(12(19)16-8(2)7-15)6-10(11)17-13(20)14(18)21/h4-6,8H,3,7,15H2,1-2H3,(H,16,19)(H,17,20)/t8-/m0/s1. The molecule has 1 amide bonds. The van der Waals surface area contributed by atoms with E-state index < -0.39 is 11.1 Å². The lowest BCUT2D eigenvalue weighted by Crippen LogP contribution is -2.38. The van der Waals surface area contributed by atoms with E-state index in [9.17, 15) is 14.4 Å². The van der Waals surface area contributed by atoms with Gasteiger partial charge in [0, 0.05) is 24.7 Å². The second-order valence-corrected chi connectivity index (χ2v) is 4.85. The van der Waals surface area contributed by atoms with Gasteiger partial charge in [-0.15, -0.1) is 0 Å². The zero-order valence-electron chi connectivity index (χ0n) is 12.0. The number of nitrogens with one attached hydrogen (secondary N) is 2. The van der Waals surface area contributed by atoms with Crippen LogP contribution in [0.25, 0.3) is 11.0 Å². The highest BCUT2D eigenvalue weighted by molar-refractivity contribution is 5.97. The van der Waals surface area contributed by atoms with Gasteiger partial charge in [0.05, 0.1) is 11.0 Å². The van der Waals surface area contributed by atoms with Crippen molar-refractivity contribution >= 4 is 16.9 Å². The molecular weight excluding hydrogens is 272 g/mol. The molecule has 0 saturated heterocycles. The smallest absolute Gasteiger partial charge is 0.316 e. The molecule has 2 rings (SSSR count). The Morgan fingerprint density at radius 1 is 1.43 bits per heavy atom. The lowest BCUT2D eigenvalue weighted by atomic mass is 10.1.